The second-order valence-electron chi connectivity index (χ2n) is 8.79. The second-order valence-corrected chi connectivity index (χ2v) is 9.19. The molecule has 1 aliphatic heterocycles. The molecule has 166 valence electrons. The summed E-state index contributed by atoms with van der Waals surface area (Å²) in [6.45, 7) is 7.36. The summed E-state index contributed by atoms with van der Waals surface area (Å²) in [5.74, 6) is -0.542. The van der Waals surface area contributed by atoms with E-state index in [1.807, 2.05) is 45.0 Å². The zero-order chi connectivity index (χ0) is 22.6. The summed E-state index contributed by atoms with van der Waals surface area (Å²) in [5.41, 5.74) is 2.21. The van der Waals surface area contributed by atoms with Crippen molar-refractivity contribution in [2.45, 2.75) is 39.0 Å². The highest BCUT2D eigenvalue weighted by atomic mass is 35.5. The van der Waals surface area contributed by atoms with Crippen molar-refractivity contribution >= 4 is 29.2 Å². The number of rotatable bonds is 5. The van der Waals surface area contributed by atoms with Crippen LogP contribution in [0.25, 0.3) is 0 Å². The SMILES string of the molecule is Cc1cccc(NC(=O)N2CCC(C(=O)NCC(C)(C)c3ccc(F)cc3Cl)CC2)c1. The second kappa shape index (κ2) is 9.69. The standard InChI is InChI=1S/C24H29ClFN3O2/c1-16-5-4-6-19(13-16)28-23(31)29-11-9-17(10-12-29)22(30)27-15-24(2,3)20-8-7-18(26)14-21(20)25/h4-8,13-14,17H,9-12,15H2,1-3H3,(H,27,30)(H,28,31). The minimum atomic E-state index is -0.436. The molecule has 1 heterocycles. The maximum absolute atomic E-state index is 13.3. The number of hydrogen-bond donors (Lipinski definition) is 2. The van der Waals surface area contributed by atoms with Gasteiger partial charge in [-0.15, -0.1) is 0 Å². The molecule has 0 aromatic heterocycles. The molecular formula is C24H29ClFN3O2. The van der Waals surface area contributed by atoms with Crippen LogP contribution in [0, 0.1) is 18.7 Å². The van der Waals surface area contributed by atoms with E-state index in [9.17, 15) is 14.0 Å². The lowest BCUT2D eigenvalue weighted by molar-refractivity contribution is -0.126. The van der Waals surface area contributed by atoms with Gasteiger partial charge in [-0.2, -0.15) is 0 Å². The zero-order valence-electron chi connectivity index (χ0n) is 18.2. The lowest BCUT2D eigenvalue weighted by atomic mass is 9.84. The van der Waals surface area contributed by atoms with Crippen molar-refractivity contribution in [1.29, 1.82) is 0 Å². The fourth-order valence-electron chi connectivity index (χ4n) is 3.86. The van der Waals surface area contributed by atoms with Crippen molar-refractivity contribution in [3.05, 3.63) is 64.4 Å². The number of halogens is 2. The number of urea groups is 1. The van der Waals surface area contributed by atoms with Crippen LogP contribution in [0.3, 0.4) is 0 Å². The predicted octanol–water partition coefficient (Wildman–Crippen LogP) is 5.13. The van der Waals surface area contributed by atoms with E-state index in [4.69, 9.17) is 11.6 Å². The molecular weight excluding hydrogens is 417 g/mol. The summed E-state index contributed by atoms with van der Waals surface area (Å²) < 4.78 is 13.3. The van der Waals surface area contributed by atoms with Gasteiger partial charge in [-0.3, -0.25) is 4.79 Å². The minimum Gasteiger partial charge on any atom is -0.355 e. The van der Waals surface area contributed by atoms with E-state index in [-0.39, 0.29) is 23.7 Å². The van der Waals surface area contributed by atoms with Gasteiger partial charge in [0.1, 0.15) is 5.82 Å². The Morgan fingerprint density at radius 1 is 1.16 bits per heavy atom. The summed E-state index contributed by atoms with van der Waals surface area (Å²) in [6, 6.07) is 11.9. The Balaban J connectivity index is 1.49. The Morgan fingerprint density at radius 2 is 1.87 bits per heavy atom. The molecule has 0 aliphatic carbocycles. The van der Waals surface area contributed by atoms with Gasteiger partial charge in [0.05, 0.1) is 0 Å². The Bertz CT molecular complexity index is 956. The van der Waals surface area contributed by atoms with E-state index in [1.165, 1.54) is 12.1 Å². The lowest BCUT2D eigenvalue weighted by Gasteiger charge is -2.32. The number of nitrogens with zero attached hydrogens (tertiary/aromatic N) is 1. The number of nitrogens with one attached hydrogen (secondary N) is 2. The first kappa shape index (κ1) is 23.1. The Kier molecular flexibility index (Phi) is 7.21. The topological polar surface area (TPSA) is 61.4 Å². The van der Waals surface area contributed by atoms with Crippen LogP contribution in [-0.4, -0.2) is 36.5 Å². The number of carbonyl (C=O) groups excluding carboxylic acids is 2. The number of benzene rings is 2. The van der Waals surface area contributed by atoms with Crippen LogP contribution in [-0.2, 0) is 10.2 Å². The lowest BCUT2D eigenvalue weighted by Crippen LogP contribution is -2.46. The number of carbonyl (C=O) groups is 2. The highest BCUT2D eigenvalue weighted by Crippen LogP contribution is 2.30. The molecule has 0 unspecified atom stereocenters. The van der Waals surface area contributed by atoms with Crippen molar-refractivity contribution in [2.75, 3.05) is 25.0 Å². The molecule has 0 atom stereocenters. The smallest absolute Gasteiger partial charge is 0.321 e. The average molecular weight is 446 g/mol. The maximum Gasteiger partial charge on any atom is 0.321 e. The van der Waals surface area contributed by atoms with E-state index in [0.717, 1.165) is 16.8 Å². The molecule has 1 fully saturated rings. The highest BCUT2D eigenvalue weighted by molar-refractivity contribution is 6.31. The van der Waals surface area contributed by atoms with Gasteiger partial charge in [0.2, 0.25) is 5.91 Å². The van der Waals surface area contributed by atoms with Gasteiger partial charge in [-0.1, -0.05) is 43.6 Å². The number of hydrogen-bond acceptors (Lipinski definition) is 2. The Morgan fingerprint density at radius 3 is 2.52 bits per heavy atom. The van der Waals surface area contributed by atoms with Gasteiger partial charge in [0.25, 0.3) is 0 Å². The summed E-state index contributed by atoms with van der Waals surface area (Å²) in [6.07, 6.45) is 1.23. The van der Waals surface area contributed by atoms with Crippen molar-refractivity contribution in [1.82, 2.24) is 10.2 Å². The fourth-order valence-corrected chi connectivity index (χ4v) is 4.28. The molecule has 0 saturated carbocycles. The highest BCUT2D eigenvalue weighted by Gasteiger charge is 2.30. The normalized spacial score (nSPS) is 14.9. The first-order chi connectivity index (χ1) is 14.7. The number of likely N-dealkylation sites (tertiary alicyclic amines) is 1. The maximum atomic E-state index is 13.3. The van der Waals surface area contributed by atoms with Gasteiger partial charge in [0.15, 0.2) is 0 Å². The number of aryl methyl sites for hydroxylation is 1. The molecule has 2 N–H and O–H groups in total. The largest absolute Gasteiger partial charge is 0.355 e. The number of piperidine rings is 1. The summed E-state index contributed by atoms with van der Waals surface area (Å²) in [4.78, 5) is 26.9. The molecule has 31 heavy (non-hydrogen) atoms. The summed E-state index contributed by atoms with van der Waals surface area (Å²) in [5, 5.41) is 6.28. The zero-order valence-corrected chi connectivity index (χ0v) is 18.9. The molecule has 2 aromatic rings. The molecule has 0 bridgehead atoms. The van der Waals surface area contributed by atoms with Crippen molar-refractivity contribution in [2.24, 2.45) is 5.92 Å². The molecule has 5 nitrogen and oxygen atoms in total. The first-order valence-electron chi connectivity index (χ1n) is 10.5. The molecule has 7 heteroatoms. The van der Waals surface area contributed by atoms with Crippen LogP contribution in [0.4, 0.5) is 14.9 Å². The summed E-state index contributed by atoms with van der Waals surface area (Å²) in [7, 11) is 0. The molecule has 3 rings (SSSR count). The third kappa shape index (κ3) is 5.97. The first-order valence-corrected chi connectivity index (χ1v) is 10.9. The minimum absolute atomic E-state index is 0.0231. The van der Waals surface area contributed by atoms with Crippen LogP contribution >= 0.6 is 11.6 Å². The van der Waals surface area contributed by atoms with Gasteiger partial charge in [-0.05, 0) is 55.2 Å². The van der Waals surface area contributed by atoms with Crippen molar-refractivity contribution < 1.29 is 14.0 Å². The monoisotopic (exact) mass is 445 g/mol. The fraction of sp³-hybridized carbons (Fsp3) is 0.417. The molecule has 2 aromatic carbocycles. The number of amides is 3. The van der Waals surface area contributed by atoms with Crippen molar-refractivity contribution in [3.8, 4) is 0 Å². The van der Waals surface area contributed by atoms with Gasteiger partial charge in [-0.25, -0.2) is 9.18 Å². The van der Waals surface area contributed by atoms with Crippen molar-refractivity contribution in [3.63, 3.8) is 0 Å². The molecule has 0 radical (unpaired) electrons. The van der Waals surface area contributed by atoms with Crippen LogP contribution in [0.1, 0.15) is 37.8 Å². The number of anilines is 1. The molecule has 3 amide bonds. The van der Waals surface area contributed by atoms with E-state index in [2.05, 4.69) is 10.6 Å². The van der Waals surface area contributed by atoms with E-state index in [0.29, 0.717) is 37.5 Å². The quantitative estimate of drug-likeness (QED) is 0.670. The van der Waals surface area contributed by atoms with Crippen LogP contribution in [0.2, 0.25) is 5.02 Å². The van der Waals surface area contributed by atoms with Gasteiger partial charge in [0, 0.05) is 41.7 Å². The van der Waals surface area contributed by atoms with E-state index >= 15 is 0 Å². The Labute approximate surface area is 188 Å². The third-order valence-corrected chi connectivity index (χ3v) is 6.10. The van der Waals surface area contributed by atoms with E-state index in [1.54, 1.807) is 11.0 Å². The van der Waals surface area contributed by atoms with Crippen LogP contribution in [0.15, 0.2) is 42.5 Å². The Hall–Kier alpha value is -2.60. The summed E-state index contributed by atoms with van der Waals surface area (Å²) >= 11 is 6.19. The third-order valence-electron chi connectivity index (χ3n) is 5.79. The molecule has 1 aliphatic rings. The van der Waals surface area contributed by atoms with Gasteiger partial charge < -0.3 is 15.5 Å². The van der Waals surface area contributed by atoms with Crippen LogP contribution in [0.5, 0.6) is 0 Å². The average Bonchev–Trinajstić information content (AvgIpc) is 2.72. The van der Waals surface area contributed by atoms with E-state index < -0.39 is 5.41 Å². The molecule has 1 saturated heterocycles. The molecule has 0 spiro atoms. The predicted molar refractivity (Wildman–Crippen MR) is 122 cm³/mol. The van der Waals surface area contributed by atoms with Gasteiger partial charge >= 0.3 is 6.03 Å². The van der Waals surface area contributed by atoms with Crippen LogP contribution < -0.4 is 10.6 Å².